The summed E-state index contributed by atoms with van der Waals surface area (Å²) in [5.41, 5.74) is 3.89. The van der Waals surface area contributed by atoms with Gasteiger partial charge in [-0.25, -0.2) is 5.43 Å². The lowest BCUT2D eigenvalue weighted by Crippen LogP contribution is -2.26. The Morgan fingerprint density at radius 3 is 2.46 bits per heavy atom. The molecule has 0 aliphatic carbocycles. The average Bonchev–Trinajstić information content (AvgIpc) is 2.66. The van der Waals surface area contributed by atoms with Crippen molar-refractivity contribution in [3.8, 4) is 17.2 Å². The first kappa shape index (κ1) is 19.6. The van der Waals surface area contributed by atoms with Crippen molar-refractivity contribution in [2.75, 3.05) is 33.2 Å². The number of methoxy groups -OCH3 is 3. The molecule has 0 aliphatic rings. The number of nitrogens with one attached hydrogen (secondary N) is 2. The number of halogens is 1. The highest BCUT2D eigenvalue weighted by Crippen LogP contribution is 2.31. The molecular weight excluding hydrogens is 402 g/mol. The van der Waals surface area contributed by atoms with Crippen LogP contribution in [0.25, 0.3) is 0 Å². The number of para-hydroxylation sites is 2. The fourth-order valence-corrected chi connectivity index (χ4v) is 2.69. The van der Waals surface area contributed by atoms with Crippen LogP contribution in [0.5, 0.6) is 17.2 Å². The highest BCUT2D eigenvalue weighted by molar-refractivity contribution is 9.10. The SMILES string of the molecule is COc1cc(OC)c(C=NNC(=O)CNc2ccccc2OC)cc1Br. The van der Waals surface area contributed by atoms with E-state index in [-0.39, 0.29) is 12.5 Å². The van der Waals surface area contributed by atoms with Crippen molar-refractivity contribution in [1.29, 1.82) is 0 Å². The molecule has 0 spiro atoms. The van der Waals surface area contributed by atoms with E-state index in [1.165, 1.54) is 6.21 Å². The molecule has 138 valence electrons. The third kappa shape index (κ3) is 5.13. The Balaban J connectivity index is 1.95. The molecule has 0 fully saturated rings. The maximum Gasteiger partial charge on any atom is 0.259 e. The highest BCUT2D eigenvalue weighted by atomic mass is 79.9. The van der Waals surface area contributed by atoms with E-state index < -0.39 is 0 Å². The molecule has 2 N–H and O–H groups in total. The number of amides is 1. The van der Waals surface area contributed by atoms with Gasteiger partial charge in [0.15, 0.2) is 0 Å². The zero-order chi connectivity index (χ0) is 18.9. The molecule has 2 rings (SSSR count). The minimum Gasteiger partial charge on any atom is -0.496 e. The smallest absolute Gasteiger partial charge is 0.259 e. The van der Waals surface area contributed by atoms with Crippen LogP contribution in [0, 0.1) is 0 Å². The Morgan fingerprint density at radius 2 is 1.77 bits per heavy atom. The molecule has 0 bridgehead atoms. The van der Waals surface area contributed by atoms with E-state index in [0.29, 0.717) is 22.8 Å². The van der Waals surface area contributed by atoms with E-state index in [1.807, 2.05) is 24.3 Å². The summed E-state index contributed by atoms with van der Waals surface area (Å²) in [4.78, 5) is 11.9. The number of anilines is 1. The normalized spacial score (nSPS) is 10.5. The molecule has 2 aromatic rings. The Morgan fingerprint density at radius 1 is 1.08 bits per heavy atom. The van der Waals surface area contributed by atoms with Crippen molar-refractivity contribution in [3.05, 3.63) is 46.4 Å². The molecule has 0 heterocycles. The molecule has 0 aromatic heterocycles. The first-order valence-corrected chi connectivity index (χ1v) is 8.48. The largest absolute Gasteiger partial charge is 0.496 e. The van der Waals surface area contributed by atoms with Gasteiger partial charge in [-0.3, -0.25) is 4.79 Å². The van der Waals surface area contributed by atoms with Gasteiger partial charge in [0.1, 0.15) is 17.2 Å². The predicted molar refractivity (Wildman–Crippen MR) is 104 cm³/mol. The topological polar surface area (TPSA) is 81.2 Å². The lowest BCUT2D eigenvalue weighted by atomic mass is 10.2. The summed E-state index contributed by atoms with van der Waals surface area (Å²) in [6.07, 6.45) is 1.50. The van der Waals surface area contributed by atoms with Crippen LogP contribution in [0.1, 0.15) is 5.56 Å². The van der Waals surface area contributed by atoms with Gasteiger partial charge < -0.3 is 19.5 Å². The van der Waals surface area contributed by atoms with Gasteiger partial charge in [-0.1, -0.05) is 12.1 Å². The number of rotatable bonds is 8. The lowest BCUT2D eigenvalue weighted by molar-refractivity contribution is -0.119. The monoisotopic (exact) mass is 421 g/mol. The number of hydrazone groups is 1. The Labute approximate surface area is 160 Å². The third-order valence-electron chi connectivity index (χ3n) is 3.44. The van der Waals surface area contributed by atoms with Crippen molar-refractivity contribution in [1.82, 2.24) is 5.43 Å². The number of benzene rings is 2. The second-order valence-electron chi connectivity index (χ2n) is 5.08. The Bertz CT molecular complexity index is 796. The number of carbonyl (C=O) groups excluding carboxylic acids is 1. The fourth-order valence-electron chi connectivity index (χ4n) is 2.16. The molecule has 0 aliphatic heterocycles. The van der Waals surface area contributed by atoms with Crippen molar-refractivity contribution >= 4 is 33.7 Å². The summed E-state index contributed by atoms with van der Waals surface area (Å²) in [6, 6.07) is 10.9. The van der Waals surface area contributed by atoms with Gasteiger partial charge in [-0.2, -0.15) is 5.10 Å². The number of hydrogen-bond acceptors (Lipinski definition) is 6. The van der Waals surface area contributed by atoms with Crippen molar-refractivity contribution in [2.24, 2.45) is 5.10 Å². The first-order valence-electron chi connectivity index (χ1n) is 7.69. The molecule has 7 nitrogen and oxygen atoms in total. The zero-order valence-corrected chi connectivity index (χ0v) is 16.3. The summed E-state index contributed by atoms with van der Waals surface area (Å²) in [5.74, 6) is 1.59. The van der Waals surface area contributed by atoms with E-state index in [4.69, 9.17) is 14.2 Å². The molecule has 0 saturated carbocycles. The van der Waals surface area contributed by atoms with Crippen molar-refractivity contribution in [3.63, 3.8) is 0 Å². The van der Waals surface area contributed by atoms with Crippen LogP contribution in [0.4, 0.5) is 5.69 Å². The standard InChI is InChI=1S/C18H20BrN3O4/c1-24-15-7-5-4-6-14(15)20-11-18(23)22-21-10-12-8-13(19)17(26-3)9-16(12)25-2/h4-10,20H,11H2,1-3H3,(H,22,23). The molecule has 0 atom stereocenters. The van der Waals surface area contributed by atoms with E-state index in [1.54, 1.807) is 33.5 Å². The summed E-state index contributed by atoms with van der Waals surface area (Å²) in [6.45, 7) is 0.0567. The van der Waals surface area contributed by atoms with Crippen LogP contribution in [-0.4, -0.2) is 40.0 Å². The fraction of sp³-hybridized carbons (Fsp3) is 0.222. The highest BCUT2D eigenvalue weighted by Gasteiger charge is 2.08. The molecule has 0 saturated heterocycles. The summed E-state index contributed by atoms with van der Waals surface area (Å²) in [5, 5.41) is 6.96. The Kier molecular flexibility index (Phi) is 7.28. The van der Waals surface area contributed by atoms with Gasteiger partial charge >= 0.3 is 0 Å². The number of ether oxygens (including phenoxy) is 3. The number of carbonyl (C=O) groups is 1. The van der Waals surface area contributed by atoms with Crippen LogP contribution in [0.2, 0.25) is 0 Å². The van der Waals surface area contributed by atoms with Crippen LogP contribution < -0.4 is 25.0 Å². The molecule has 0 unspecified atom stereocenters. The van der Waals surface area contributed by atoms with Gasteiger partial charge in [0.2, 0.25) is 0 Å². The first-order chi connectivity index (χ1) is 12.6. The van der Waals surface area contributed by atoms with Gasteiger partial charge in [0.05, 0.1) is 44.2 Å². The summed E-state index contributed by atoms with van der Waals surface area (Å²) >= 11 is 3.40. The van der Waals surface area contributed by atoms with Crippen molar-refractivity contribution < 1.29 is 19.0 Å². The molecule has 2 aromatic carbocycles. The Hall–Kier alpha value is -2.74. The average molecular weight is 422 g/mol. The van der Waals surface area contributed by atoms with E-state index >= 15 is 0 Å². The zero-order valence-electron chi connectivity index (χ0n) is 14.7. The van der Waals surface area contributed by atoms with Gasteiger partial charge in [0.25, 0.3) is 5.91 Å². The number of hydrogen-bond donors (Lipinski definition) is 2. The summed E-state index contributed by atoms with van der Waals surface area (Å²) < 4.78 is 16.5. The van der Waals surface area contributed by atoms with Gasteiger partial charge in [-0.15, -0.1) is 0 Å². The summed E-state index contributed by atoms with van der Waals surface area (Å²) in [7, 11) is 4.70. The lowest BCUT2D eigenvalue weighted by Gasteiger charge is -2.10. The van der Waals surface area contributed by atoms with Gasteiger partial charge in [0, 0.05) is 11.6 Å². The van der Waals surface area contributed by atoms with Crippen LogP contribution in [0.15, 0.2) is 46.0 Å². The van der Waals surface area contributed by atoms with Crippen LogP contribution >= 0.6 is 15.9 Å². The van der Waals surface area contributed by atoms with Crippen LogP contribution in [-0.2, 0) is 4.79 Å². The van der Waals surface area contributed by atoms with E-state index in [2.05, 4.69) is 31.8 Å². The van der Waals surface area contributed by atoms with E-state index in [9.17, 15) is 4.79 Å². The second-order valence-corrected chi connectivity index (χ2v) is 5.93. The maximum atomic E-state index is 11.9. The molecular formula is C18H20BrN3O4. The maximum absolute atomic E-state index is 11.9. The van der Waals surface area contributed by atoms with Crippen molar-refractivity contribution in [2.45, 2.75) is 0 Å². The molecule has 26 heavy (non-hydrogen) atoms. The minimum absolute atomic E-state index is 0.0567. The van der Waals surface area contributed by atoms with Crippen LogP contribution in [0.3, 0.4) is 0 Å². The minimum atomic E-state index is -0.293. The van der Waals surface area contributed by atoms with Gasteiger partial charge in [-0.05, 0) is 34.1 Å². The number of nitrogens with zero attached hydrogens (tertiary/aromatic N) is 1. The molecule has 1 amide bonds. The third-order valence-corrected chi connectivity index (χ3v) is 4.06. The molecule has 0 radical (unpaired) electrons. The predicted octanol–water partition coefficient (Wildman–Crippen LogP) is 3.04. The second kappa shape index (κ2) is 9.67. The van der Waals surface area contributed by atoms with E-state index in [0.717, 1.165) is 10.2 Å². The quantitative estimate of drug-likeness (QED) is 0.505. The molecule has 8 heteroatoms.